The summed E-state index contributed by atoms with van der Waals surface area (Å²) in [5.74, 6) is -0.991. The van der Waals surface area contributed by atoms with Crippen LogP contribution < -0.4 is 21.7 Å². The number of amides is 3. The number of hydrogen-bond acceptors (Lipinski definition) is 9. The van der Waals surface area contributed by atoms with E-state index in [1.807, 2.05) is 6.20 Å². The lowest BCUT2D eigenvalue weighted by Gasteiger charge is -2.35. The fourth-order valence-electron chi connectivity index (χ4n) is 6.72. The zero-order chi connectivity index (χ0) is 31.1. The van der Waals surface area contributed by atoms with Gasteiger partial charge >= 0.3 is 0 Å². The number of nitrogens with zero attached hydrogens (tertiary/aromatic N) is 4. The zero-order valence-corrected chi connectivity index (χ0v) is 25.1. The number of primary amides is 1. The number of anilines is 2. The van der Waals surface area contributed by atoms with E-state index in [4.69, 9.17) is 15.8 Å². The van der Waals surface area contributed by atoms with Crippen molar-refractivity contribution in [2.24, 2.45) is 11.7 Å². The molecule has 0 radical (unpaired) electrons. The quantitative estimate of drug-likeness (QED) is 0.168. The minimum atomic E-state index is -1.15. The molecule has 234 valence electrons. The Bertz CT molecular complexity index is 1620. The lowest BCUT2D eigenvalue weighted by atomic mass is 9.80. The monoisotopic (exact) mass is 610 g/mol. The number of fused-ring (bicyclic) bond motifs is 1. The lowest BCUT2D eigenvalue weighted by molar-refractivity contribution is -0.122. The highest BCUT2D eigenvalue weighted by Gasteiger charge is 2.42. The number of aromatic nitrogens is 3. The zero-order valence-electron chi connectivity index (χ0n) is 25.1. The molecule has 0 spiro atoms. The first-order chi connectivity index (χ1) is 21.9. The van der Waals surface area contributed by atoms with Crippen molar-refractivity contribution in [3.63, 3.8) is 0 Å². The highest BCUT2D eigenvalue weighted by atomic mass is 16.2. The van der Waals surface area contributed by atoms with Crippen molar-refractivity contribution < 1.29 is 19.2 Å². The number of benzene rings is 1. The van der Waals surface area contributed by atoms with E-state index in [0.717, 1.165) is 72.1 Å². The van der Waals surface area contributed by atoms with Gasteiger partial charge in [-0.2, -0.15) is 5.10 Å². The maximum absolute atomic E-state index is 13.1. The van der Waals surface area contributed by atoms with Gasteiger partial charge in [-0.25, -0.2) is 0 Å². The second-order valence-corrected chi connectivity index (χ2v) is 12.7. The summed E-state index contributed by atoms with van der Waals surface area (Å²) in [5.41, 5.74) is 11.0. The first-order valence-electron chi connectivity index (χ1n) is 15.9. The molecule has 3 aromatic rings. The molecule has 12 nitrogen and oxygen atoms in total. The molecule has 7 rings (SSSR count). The van der Waals surface area contributed by atoms with Gasteiger partial charge in [-0.3, -0.25) is 28.9 Å². The van der Waals surface area contributed by atoms with Crippen molar-refractivity contribution in [1.82, 2.24) is 25.0 Å². The Balaban J connectivity index is 0.964. The van der Waals surface area contributed by atoms with E-state index >= 15 is 0 Å². The molecule has 2 aromatic heterocycles. The summed E-state index contributed by atoms with van der Waals surface area (Å²) < 4.78 is 2.13. The number of hydrogen-bond donors (Lipinski definition) is 4. The van der Waals surface area contributed by atoms with E-state index in [1.165, 1.54) is 12.8 Å². The van der Waals surface area contributed by atoms with Crippen LogP contribution in [0.4, 0.5) is 11.4 Å². The van der Waals surface area contributed by atoms with Gasteiger partial charge in [-0.1, -0.05) is 0 Å². The minimum Gasteiger partial charge on any atom is -0.385 e. The average molecular weight is 611 g/mol. The van der Waals surface area contributed by atoms with Crippen molar-refractivity contribution >= 4 is 35.4 Å². The summed E-state index contributed by atoms with van der Waals surface area (Å²) in [6.07, 6.45) is 10.2. The Hall–Kier alpha value is -4.58. The summed E-state index contributed by atoms with van der Waals surface area (Å²) in [4.78, 5) is 54.5. The largest absolute Gasteiger partial charge is 0.385 e. The van der Waals surface area contributed by atoms with Crippen LogP contribution in [0.25, 0.3) is 11.3 Å². The SMILES string of the molecule is NC(=O)C(CCC=O)N1C(=O)c2ccc(NCC3CC(n4cc(-c5ccc(NC6CCNC6)cn5)c(C5CC5)n4)C3)cc2C1=O. The summed E-state index contributed by atoms with van der Waals surface area (Å²) in [6, 6.07) is 8.86. The van der Waals surface area contributed by atoms with Gasteiger partial charge in [0.2, 0.25) is 5.91 Å². The van der Waals surface area contributed by atoms with E-state index in [0.29, 0.717) is 30.2 Å². The van der Waals surface area contributed by atoms with Gasteiger partial charge < -0.3 is 26.5 Å². The summed E-state index contributed by atoms with van der Waals surface area (Å²) in [7, 11) is 0. The van der Waals surface area contributed by atoms with Gasteiger partial charge in [0.25, 0.3) is 11.8 Å². The number of imide groups is 1. The van der Waals surface area contributed by atoms with Crippen LogP contribution in [-0.2, 0) is 9.59 Å². The van der Waals surface area contributed by atoms with Crippen LogP contribution in [0.2, 0.25) is 0 Å². The molecule has 2 aliphatic carbocycles. The standard InChI is InChI=1S/C33H38N8O4/c34-31(43)29(2-1-11-42)41-32(44)25-7-5-21(14-26(25)33(41)45)36-15-19-12-24(13-19)40-18-27(30(39-40)20-3-4-20)28-8-6-22(17-37-28)38-23-9-10-35-16-23/h5-8,11,14,17-20,23-24,29,35-36,38H,1-4,9-10,12-13,15-16H2,(H2,34,43). The van der Waals surface area contributed by atoms with Gasteiger partial charge in [0.1, 0.15) is 12.3 Å². The second kappa shape index (κ2) is 12.1. The van der Waals surface area contributed by atoms with Crippen LogP contribution in [0, 0.1) is 5.92 Å². The molecule has 5 N–H and O–H groups in total. The summed E-state index contributed by atoms with van der Waals surface area (Å²) in [5, 5.41) is 15.4. The van der Waals surface area contributed by atoms with Crippen molar-refractivity contribution in [2.75, 3.05) is 30.3 Å². The van der Waals surface area contributed by atoms with E-state index < -0.39 is 23.8 Å². The lowest BCUT2D eigenvalue weighted by Crippen LogP contribution is -2.47. The highest BCUT2D eigenvalue weighted by molar-refractivity contribution is 6.23. The van der Waals surface area contributed by atoms with Gasteiger partial charge in [0.05, 0.1) is 40.4 Å². The Morgan fingerprint density at radius 2 is 1.87 bits per heavy atom. The molecule has 4 heterocycles. The molecule has 2 saturated carbocycles. The van der Waals surface area contributed by atoms with Crippen LogP contribution in [0.5, 0.6) is 0 Å². The topological polar surface area (TPSA) is 164 Å². The predicted molar refractivity (Wildman–Crippen MR) is 168 cm³/mol. The third-order valence-electron chi connectivity index (χ3n) is 9.49. The fourth-order valence-corrected chi connectivity index (χ4v) is 6.72. The van der Waals surface area contributed by atoms with E-state index in [-0.39, 0.29) is 24.0 Å². The number of pyridine rings is 1. The van der Waals surface area contributed by atoms with Crippen LogP contribution in [-0.4, -0.2) is 75.4 Å². The summed E-state index contributed by atoms with van der Waals surface area (Å²) in [6.45, 7) is 2.75. The van der Waals surface area contributed by atoms with Crippen LogP contribution in [0.3, 0.4) is 0 Å². The molecule has 1 aromatic carbocycles. The van der Waals surface area contributed by atoms with Crippen molar-refractivity contribution in [2.45, 2.75) is 69.0 Å². The van der Waals surface area contributed by atoms with Gasteiger partial charge in [-0.15, -0.1) is 0 Å². The fraction of sp³-hybridized carbons (Fsp3) is 0.455. The van der Waals surface area contributed by atoms with Crippen molar-refractivity contribution in [3.05, 3.63) is 59.5 Å². The van der Waals surface area contributed by atoms with Crippen molar-refractivity contribution in [1.29, 1.82) is 0 Å². The third kappa shape index (κ3) is 5.82. The molecule has 1 saturated heterocycles. The van der Waals surface area contributed by atoms with Crippen LogP contribution in [0.15, 0.2) is 42.7 Å². The number of aldehydes is 1. The third-order valence-corrected chi connectivity index (χ3v) is 9.49. The molecule has 2 unspecified atom stereocenters. The smallest absolute Gasteiger partial charge is 0.262 e. The molecule has 2 atom stereocenters. The van der Waals surface area contributed by atoms with Gasteiger partial charge in [0, 0.05) is 48.9 Å². The molecule has 3 fully saturated rings. The molecular formula is C33H38N8O4. The highest BCUT2D eigenvalue weighted by Crippen LogP contribution is 2.45. The molecule has 12 heteroatoms. The molecule has 45 heavy (non-hydrogen) atoms. The summed E-state index contributed by atoms with van der Waals surface area (Å²) >= 11 is 0. The number of nitrogens with one attached hydrogen (secondary N) is 3. The predicted octanol–water partition coefficient (Wildman–Crippen LogP) is 3.09. The van der Waals surface area contributed by atoms with Crippen LogP contribution >= 0.6 is 0 Å². The normalized spacial score (nSPS) is 23.0. The van der Waals surface area contributed by atoms with Crippen LogP contribution in [0.1, 0.15) is 83.3 Å². The number of carbonyl (C=O) groups is 4. The maximum Gasteiger partial charge on any atom is 0.262 e. The Morgan fingerprint density at radius 3 is 2.56 bits per heavy atom. The molecule has 2 aliphatic heterocycles. The minimum absolute atomic E-state index is 0.0108. The number of nitrogens with two attached hydrogens (primary N) is 1. The number of rotatable bonds is 13. The second-order valence-electron chi connectivity index (χ2n) is 12.7. The van der Waals surface area contributed by atoms with E-state index in [9.17, 15) is 19.2 Å². The van der Waals surface area contributed by atoms with Gasteiger partial charge in [0.15, 0.2) is 0 Å². The first kappa shape index (κ1) is 29.1. The maximum atomic E-state index is 13.1. The van der Waals surface area contributed by atoms with Gasteiger partial charge in [-0.05, 0) is 81.3 Å². The average Bonchev–Trinajstić information content (AvgIpc) is 3.46. The molecular weight excluding hydrogens is 572 g/mol. The Morgan fingerprint density at radius 1 is 1.07 bits per heavy atom. The van der Waals surface area contributed by atoms with E-state index in [2.05, 4.69) is 39.0 Å². The first-order valence-corrected chi connectivity index (χ1v) is 15.9. The molecule has 4 aliphatic rings. The van der Waals surface area contributed by atoms with E-state index in [1.54, 1.807) is 18.2 Å². The number of carbonyl (C=O) groups excluding carboxylic acids is 4. The molecule has 3 amide bonds. The Kier molecular flexibility index (Phi) is 7.82. The Labute approximate surface area is 261 Å². The van der Waals surface area contributed by atoms with Crippen molar-refractivity contribution in [3.8, 4) is 11.3 Å². The molecule has 0 bridgehead atoms.